The molecule has 1 atom stereocenters. The first-order valence-electron chi connectivity index (χ1n) is 8.50. The Hall–Kier alpha value is -2.54. The van der Waals surface area contributed by atoms with Gasteiger partial charge in [0.15, 0.2) is 0 Å². The highest BCUT2D eigenvalue weighted by Gasteiger charge is 2.22. The van der Waals surface area contributed by atoms with Gasteiger partial charge in [0.05, 0.1) is 12.7 Å². The quantitative estimate of drug-likeness (QED) is 0.785. The maximum absolute atomic E-state index is 12.1. The highest BCUT2D eigenvalue weighted by atomic mass is 16.5. The summed E-state index contributed by atoms with van der Waals surface area (Å²) in [4.78, 5) is 24.1. The van der Waals surface area contributed by atoms with Crippen molar-refractivity contribution in [3.63, 3.8) is 0 Å². The molecule has 1 fully saturated rings. The van der Waals surface area contributed by atoms with E-state index in [0.29, 0.717) is 17.7 Å². The fraction of sp³-hybridized carbons (Fsp3) is 0.444. The first-order valence-corrected chi connectivity index (χ1v) is 8.50. The maximum atomic E-state index is 12.1. The molecule has 7 heteroatoms. The number of hydrogen-bond acceptors (Lipinski definition) is 5. The molecule has 1 saturated heterocycles. The maximum Gasteiger partial charge on any atom is 0.374 e. The number of benzene rings is 1. The van der Waals surface area contributed by atoms with Crippen LogP contribution in [0, 0.1) is 0 Å². The molecule has 0 bridgehead atoms. The molecular formula is C18H22N2O5. The summed E-state index contributed by atoms with van der Waals surface area (Å²) in [5.74, 6) is -0.405. The van der Waals surface area contributed by atoms with Gasteiger partial charge in [-0.15, -0.1) is 0 Å². The Bertz CT molecular complexity index is 749. The van der Waals surface area contributed by atoms with Crippen molar-refractivity contribution in [3.8, 4) is 0 Å². The first kappa shape index (κ1) is 17.3. The van der Waals surface area contributed by atoms with E-state index in [1.54, 1.807) is 13.0 Å². The van der Waals surface area contributed by atoms with E-state index in [2.05, 4.69) is 10.6 Å². The molecule has 1 aliphatic rings. The van der Waals surface area contributed by atoms with Crippen LogP contribution in [0.2, 0.25) is 0 Å². The number of carbonyl (C=O) groups excluding carboxylic acids is 2. The number of para-hydroxylation sites is 1. The number of amides is 2. The number of nitrogens with one attached hydrogen (secondary N) is 2. The smallest absolute Gasteiger partial charge is 0.374 e. The van der Waals surface area contributed by atoms with Crippen molar-refractivity contribution in [1.82, 2.24) is 10.6 Å². The molecule has 25 heavy (non-hydrogen) atoms. The molecule has 0 spiro atoms. The fourth-order valence-electron chi connectivity index (χ4n) is 2.88. The number of fused-ring (bicyclic) bond motifs is 1. The fourth-order valence-corrected chi connectivity index (χ4v) is 2.88. The van der Waals surface area contributed by atoms with Gasteiger partial charge in [-0.2, -0.15) is 0 Å². The summed E-state index contributed by atoms with van der Waals surface area (Å²) in [6.45, 7) is 3.38. The van der Waals surface area contributed by atoms with Gasteiger partial charge in [-0.05, 0) is 25.8 Å². The molecule has 2 amide bonds. The number of carbonyl (C=O) groups is 2. The van der Waals surface area contributed by atoms with Crippen molar-refractivity contribution >= 4 is 23.0 Å². The van der Waals surface area contributed by atoms with Crippen molar-refractivity contribution in [3.05, 3.63) is 35.6 Å². The molecule has 3 rings (SSSR count). The summed E-state index contributed by atoms with van der Waals surface area (Å²) in [5, 5.41) is 6.33. The Labute approximate surface area is 145 Å². The van der Waals surface area contributed by atoms with Crippen LogP contribution >= 0.6 is 0 Å². The molecule has 2 N–H and O–H groups in total. The SMILES string of the molecule is CCOC(=O)c1oc2ccccc2c1CNC(=O)NC[C@@H]1CCCO1. The average molecular weight is 346 g/mol. The van der Waals surface area contributed by atoms with Crippen molar-refractivity contribution in [1.29, 1.82) is 0 Å². The van der Waals surface area contributed by atoms with Gasteiger partial charge in [0, 0.05) is 30.6 Å². The number of rotatable bonds is 6. The molecule has 1 aliphatic heterocycles. The number of ether oxygens (including phenoxy) is 2. The largest absolute Gasteiger partial charge is 0.460 e. The minimum Gasteiger partial charge on any atom is -0.460 e. The summed E-state index contributed by atoms with van der Waals surface area (Å²) in [6.07, 6.45) is 2.06. The summed E-state index contributed by atoms with van der Waals surface area (Å²) in [5.41, 5.74) is 1.20. The second kappa shape index (κ2) is 8.02. The molecule has 134 valence electrons. The summed E-state index contributed by atoms with van der Waals surface area (Å²) in [7, 11) is 0. The zero-order valence-electron chi connectivity index (χ0n) is 14.2. The minimum atomic E-state index is -0.532. The van der Waals surface area contributed by atoms with Gasteiger partial charge in [0.2, 0.25) is 5.76 Å². The zero-order valence-corrected chi connectivity index (χ0v) is 14.2. The van der Waals surface area contributed by atoms with E-state index in [0.717, 1.165) is 24.8 Å². The second-order valence-electron chi connectivity index (χ2n) is 5.82. The third-order valence-electron chi connectivity index (χ3n) is 4.10. The molecule has 1 aromatic carbocycles. The summed E-state index contributed by atoms with van der Waals surface area (Å²) in [6, 6.07) is 7.00. The molecular weight excluding hydrogens is 324 g/mol. The van der Waals surface area contributed by atoms with Crippen LogP contribution in [-0.4, -0.2) is 37.9 Å². The monoisotopic (exact) mass is 346 g/mol. The Morgan fingerprint density at radius 1 is 1.28 bits per heavy atom. The molecule has 2 heterocycles. The van der Waals surface area contributed by atoms with Gasteiger partial charge >= 0.3 is 12.0 Å². The van der Waals surface area contributed by atoms with Crippen LogP contribution in [0.4, 0.5) is 4.79 Å². The molecule has 2 aromatic rings. The average Bonchev–Trinajstić information content (AvgIpc) is 3.26. The summed E-state index contributed by atoms with van der Waals surface area (Å²) < 4.78 is 16.1. The van der Waals surface area contributed by atoms with Gasteiger partial charge in [-0.1, -0.05) is 18.2 Å². The van der Waals surface area contributed by atoms with Gasteiger partial charge in [-0.25, -0.2) is 9.59 Å². The number of furan rings is 1. The van der Waals surface area contributed by atoms with Crippen LogP contribution in [0.25, 0.3) is 11.0 Å². The highest BCUT2D eigenvalue weighted by Crippen LogP contribution is 2.26. The molecule has 0 unspecified atom stereocenters. The lowest BCUT2D eigenvalue weighted by molar-refractivity contribution is 0.0490. The molecule has 0 radical (unpaired) electrons. The van der Waals surface area contributed by atoms with Crippen LogP contribution < -0.4 is 10.6 Å². The summed E-state index contributed by atoms with van der Waals surface area (Å²) >= 11 is 0. The lowest BCUT2D eigenvalue weighted by Crippen LogP contribution is -2.39. The number of esters is 1. The zero-order chi connectivity index (χ0) is 17.6. The van der Waals surface area contributed by atoms with Crippen molar-refractivity contribution in [2.75, 3.05) is 19.8 Å². The van der Waals surface area contributed by atoms with Crippen molar-refractivity contribution < 1.29 is 23.5 Å². The number of urea groups is 1. The predicted octanol–water partition coefficient (Wildman–Crippen LogP) is 2.59. The Morgan fingerprint density at radius 2 is 2.12 bits per heavy atom. The minimum absolute atomic E-state index is 0.0793. The second-order valence-corrected chi connectivity index (χ2v) is 5.82. The van der Waals surface area contributed by atoms with E-state index in [4.69, 9.17) is 13.9 Å². The van der Waals surface area contributed by atoms with Crippen LogP contribution in [0.1, 0.15) is 35.9 Å². The van der Waals surface area contributed by atoms with Gasteiger partial charge in [-0.3, -0.25) is 0 Å². The Kier molecular flexibility index (Phi) is 5.55. The topological polar surface area (TPSA) is 89.8 Å². The van der Waals surface area contributed by atoms with Crippen LogP contribution in [0.5, 0.6) is 0 Å². The van der Waals surface area contributed by atoms with Gasteiger partial charge in [0.25, 0.3) is 0 Å². The van der Waals surface area contributed by atoms with Crippen LogP contribution in [0.3, 0.4) is 0 Å². The number of hydrogen-bond donors (Lipinski definition) is 2. The predicted molar refractivity (Wildman–Crippen MR) is 91.4 cm³/mol. The lowest BCUT2D eigenvalue weighted by Gasteiger charge is -2.11. The van der Waals surface area contributed by atoms with E-state index in [-0.39, 0.29) is 31.0 Å². The van der Waals surface area contributed by atoms with Crippen LogP contribution in [0.15, 0.2) is 28.7 Å². The highest BCUT2D eigenvalue weighted by molar-refractivity contribution is 5.96. The van der Waals surface area contributed by atoms with Crippen molar-refractivity contribution in [2.24, 2.45) is 0 Å². The van der Waals surface area contributed by atoms with Crippen LogP contribution in [-0.2, 0) is 16.0 Å². The molecule has 0 aliphatic carbocycles. The Morgan fingerprint density at radius 3 is 2.88 bits per heavy atom. The Balaban J connectivity index is 1.67. The van der Waals surface area contributed by atoms with Gasteiger partial charge in [0.1, 0.15) is 5.58 Å². The van der Waals surface area contributed by atoms with E-state index < -0.39 is 5.97 Å². The van der Waals surface area contributed by atoms with E-state index in [9.17, 15) is 9.59 Å². The van der Waals surface area contributed by atoms with Gasteiger partial charge < -0.3 is 24.5 Å². The van der Waals surface area contributed by atoms with E-state index in [1.807, 2.05) is 18.2 Å². The van der Waals surface area contributed by atoms with E-state index in [1.165, 1.54) is 0 Å². The molecule has 1 aromatic heterocycles. The normalized spacial score (nSPS) is 16.8. The standard InChI is InChI=1S/C18H22N2O5/c1-2-23-17(21)16-14(13-7-3-4-8-15(13)25-16)11-20-18(22)19-10-12-6-5-9-24-12/h3-4,7-8,12H,2,5-6,9-11H2,1H3,(H2,19,20,22)/t12-/m0/s1. The molecule has 0 saturated carbocycles. The van der Waals surface area contributed by atoms with Crippen molar-refractivity contribution in [2.45, 2.75) is 32.4 Å². The third-order valence-corrected chi connectivity index (χ3v) is 4.10. The lowest BCUT2D eigenvalue weighted by atomic mass is 10.1. The molecule has 7 nitrogen and oxygen atoms in total. The third kappa shape index (κ3) is 4.11. The van der Waals surface area contributed by atoms with E-state index >= 15 is 0 Å². The first-order chi connectivity index (χ1) is 12.2.